The molecular weight excluding hydrogens is 344 g/mol. The Bertz CT molecular complexity index is 821. The van der Waals surface area contributed by atoms with Gasteiger partial charge < -0.3 is 19.7 Å². The van der Waals surface area contributed by atoms with Gasteiger partial charge in [0.15, 0.2) is 0 Å². The topological polar surface area (TPSA) is 67.9 Å². The molecule has 1 saturated heterocycles. The first kappa shape index (κ1) is 18.8. The molecule has 1 fully saturated rings. The highest BCUT2D eigenvalue weighted by molar-refractivity contribution is 6.01. The molecule has 2 aromatic carbocycles. The molecule has 27 heavy (non-hydrogen) atoms. The Hall–Kier alpha value is -3.02. The van der Waals surface area contributed by atoms with Gasteiger partial charge in [0.1, 0.15) is 11.5 Å². The zero-order chi connectivity index (χ0) is 19.2. The number of hydrogen-bond acceptors (Lipinski definition) is 4. The van der Waals surface area contributed by atoms with Gasteiger partial charge in [-0.1, -0.05) is 30.3 Å². The van der Waals surface area contributed by atoms with E-state index in [0.717, 1.165) is 11.3 Å². The highest BCUT2D eigenvalue weighted by Gasteiger charge is 2.36. The van der Waals surface area contributed by atoms with Crippen LogP contribution >= 0.6 is 0 Å². The molecule has 1 heterocycles. The number of benzene rings is 2. The molecular formula is C21H24N2O4. The number of nitrogens with one attached hydrogen (secondary N) is 1. The predicted molar refractivity (Wildman–Crippen MR) is 103 cm³/mol. The van der Waals surface area contributed by atoms with Crippen molar-refractivity contribution in [3.63, 3.8) is 0 Å². The highest BCUT2D eigenvalue weighted by atomic mass is 16.5. The molecule has 0 bridgehead atoms. The number of carbonyl (C=O) groups excluding carboxylic acids is 2. The van der Waals surface area contributed by atoms with Gasteiger partial charge in [-0.2, -0.15) is 0 Å². The molecule has 0 aliphatic carbocycles. The first-order valence-corrected chi connectivity index (χ1v) is 9.05. The number of rotatable bonds is 7. The number of methoxy groups -OCH3 is 1. The monoisotopic (exact) mass is 368 g/mol. The fourth-order valence-corrected chi connectivity index (χ4v) is 3.25. The molecule has 2 aromatic rings. The summed E-state index contributed by atoms with van der Waals surface area (Å²) in [4.78, 5) is 26.7. The lowest BCUT2D eigenvalue weighted by Gasteiger charge is -2.20. The van der Waals surface area contributed by atoms with Crippen molar-refractivity contribution >= 4 is 17.5 Å². The van der Waals surface area contributed by atoms with Crippen LogP contribution in [0.2, 0.25) is 0 Å². The maximum atomic E-state index is 12.6. The minimum absolute atomic E-state index is 0.0698. The summed E-state index contributed by atoms with van der Waals surface area (Å²) >= 11 is 0. The Kier molecular flexibility index (Phi) is 5.96. The number of carbonyl (C=O) groups is 2. The van der Waals surface area contributed by atoms with E-state index in [2.05, 4.69) is 5.32 Å². The number of anilines is 1. The molecule has 1 aliphatic heterocycles. The van der Waals surface area contributed by atoms with E-state index < -0.39 is 0 Å². The molecule has 6 nitrogen and oxygen atoms in total. The van der Waals surface area contributed by atoms with Gasteiger partial charge in [0.2, 0.25) is 11.8 Å². The first-order valence-electron chi connectivity index (χ1n) is 9.05. The van der Waals surface area contributed by atoms with Crippen molar-refractivity contribution < 1.29 is 19.1 Å². The van der Waals surface area contributed by atoms with Gasteiger partial charge in [0, 0.05) is 25.1 Å². The molecule has 1 atom stereocenters. The van der Waals surface area contributed by atoms with E-state index in [0.29, 0.717) is 31.1 Å². The fourth-order valence-electron chi connectivity index (χ4n) is 3.25. The quantitative estimate of drug-likeness (QED) is 0.816. The lowest BCUT2D eigenvalue weighted by molar-refractivity contribution is -0.126. The SMILES string of the molecule is CCOc1ccccc1N1CC(C(=O)NCc2ccccc2OC)CC1=O. The summed E-state index contributed by atoms with van der Waals surface area (Å²) in [7, 11) is 1.60. The van der Waals surface area contributed by atoms with Crippen molar-refractivity contribution in [3.8, 4) is 11.5 Å². The lowest BCUT2D eigenvalue weighted by Crippen LogP contribution is -2.32. The molecule has 3 rings (SSSR count). The zero-order valence-electron chi connectivity index (χ0n) is 15.6. The van der Waals surface area contributed by atoms with Crippen LogP contribution in [0.5, 0.6) is 11.5 Å². The van der Waals surface area contributed by atoms with E-state index in [-0.39, 0.29) is 24.2 Å². The van der Waals surface area contributed by atoms with Crippen LogP contribution in [-0.4, -0.2) is 32.1 Å². The Labute approximate surface area is 159 Å². The van der Waals surface area contributed by atoms with Crippen molar-refractivity contribution in [2.24, 2.45) is 5.92 Å². The maximum absolute atomic E-state index is 12.6. The molecule has 0 aromatic heterocycles. The largest absolute Gasteiger partial charge is 0.496 e. The number of ether oxygens (including phenoxy) is 2. The zero-order valence-corrected chi connectivity index (χ0v) is 15.6. The van der Waals surface area contributed by atoms with E-state index in [9.17, 15) is 9.59 Å². The molecule has 2 amide bonds. The molecule has 1 aliphatic rings. The summed E-state index contributed by atoms with van der Waals surface area (Å²) in [5.74, 6) is 0.795. The molecule has 0 radical (unpaired) electrons. The second-order valence-electron chi connectivity index (χ2n) is 6.34. The van der Waals surface area contributed by atoms with E-state index in [4.69, 9.17) is 9.47 Å². The first-order chi connectivity index (χ1) is 13.1. The van der Waals surface area contributed by atoms with Crippen molar-refractivity contribution in [2.75, 3.05) is 25.2 Å². The van der Waals surface area contributed by atoms with Gasteiger partial charge in [-0.05, 0) is 25.1 Å². The van der Waals surface area contributed by atoms with Crippen LogP contribution in [0.3, 0.4) is 0 Å². The number of amides is 2. The molecule has 142 valence electrons. The van der Waals surface area contributed by atoms with Gasteiger partial charge in [0.05, 0.1) is 25.3 Å². The van der Waals surface area contributed by atoms with Gasteiger partial charge in [0.25, 0.3) is 0 Å². The van der Waals surface area contributed by atoms with Crippen LogP contribution in [0.15, 0.2) is 48.5 Å². The number of para-hydroxylation sites is 3. The van der Waals surface area contributed by atoms with Gasteiger partial charge in [-0.3, -0.25) is 9.59 Å². The normalized spacial score (nSPS) is 16.3. The summed E-state index contributed by atoms with van der Waals surface area (Å²) in [5, 5.41) is 2.92. The van der Waals surface area contributed by atoms with Crippen molar-refractivity contribution in [2.45, 2.75) is 19.9 Å². The molecule has 6 heteroatoms. The fraction of sp³-hybridized carbons (Fsp3) is 0.333. The third-order valence-corrected chi connectivity index (χ3v) is 4.60. The minimum Gasteiger partial charge on any atom is -0.496 e. The van der Waals surface area contributed by atoms with Gasteiger partial charge in [-0.25, -0.2) is 0 Å². The smallest absolute Gasteiger partial charge is 0.227 e. The van der Waals surface area contributed by atoms with Crippen LogP contribution in [0.1, 0.15) is 18.9 Å². The third kappa shape index (κ3) is 4.22. The highest BCUT2D eigenvalue weighted by Crippen LogP contribution is 2.33. The van der Waals surface area contributed by atoms with E-state index in [1.165, 1.54) is 0 Å². The van der Waals surface area contributed by atoms with Crippen LogP contribution < -0.4 is 19.7 Å². The number of nitrogens with zero attached hydrogens (tertiary/aromatic N) is 1. The summed E-state index contributed by atoms with van der Waals surface area (Å²) in [6.45, 7) is 3.13. The molecule has 1 unspecified atom stereocenters. The van der Waals surface area contributed by atoms with Crippen molar-refractivity contribution in [3.05, 3.63) is 54.1 Å². The summed E-state index contributed by atoms with van der Waals surface area (Å²) in [5.41, 5.74) is 1.61. The molecule has 1 N–H and O–H groups in total. The third-order valence-electron chi connectivity index (χ3n) is 4.60. The standard InChI is InChI=1S/C21H24N2O4/c1-3-27-19-11-7-5-9-17(19)23-14-16(12-20(23)24)21(25)22-13-15-8-4-6-10-18(15)26-2/h4-11,16H,3,12-14H2,1-2H3,(H,22,25). The molecule has 0 saturated carbocycles. The van der Waals surface area contributed by atoms with Gasteiger partial charge in [-0.15, -0.1) is 0 Å². The van der Waals surface area contributed by atoms with Crippen LogP contribution in [0, 0.1) is 5.92 Å². The Balaban J connectivity index is 1.66. The van der Waals surface area contributed by atoms with Crippen LogP contribution in [0.4, 0.5) is 5.69 Å². The average molecular weight is 368 g/mol. The van der Waals surface area contributed by atoms with Crippen LogP contribution in [0.25, 0.3) is 0 Å². The predicted octanol–water partition coefficient (Wildman–Crippen LogP) is 2.76. The Morgan fingerprint density at radius 3 is 2.59 bits per heavy atom. The second kappa shape index (κ2) is 8.58. The van der Waals surface area contributed by atoms with E-state index in [1.807, 2.05) is 55.5 Å². The maximum Gasteiger partial charge on any atom is 0.227 e. The minimum atomic E-state index is -0.387. The summed E-state index contributed by atoms with van der Waals surface area (Å²) in [6.07, 6.45) is 0.193. The Morgan fingerprint density at radius 1 is 1.15 bits per heavy atom. The second-order valence-corrected chi connectivity index (χ2v) is 6.34. The van der Waals surface area contributed by atoms with E-state index in [1.54, 1.807) is 12.0 Å². The number of hydrogen-bond donors (Lipinski definition) is 1. The van der Waals surface area contributed by atoms with Gasteiger partial charge >= 0.3 is 0 Å². The summed E-state index contributed by atoms with van der Waals surface area (Å²) in [6, 6.07) is 14.9. The van der Waals surface area contributed by atoms with E-state index >= 15 is 0 Å². The van der Waals surface area contributed by atoms with Crippen molar-refractivity contribution in [1.29, 1.82) is 0 Å². The van der Waals surface area contributed by atoms with Crippen molar-refractivity contribution in [1.82, 2.24) is 5.32 Å². The lowest BCUT2D eigenvalue weighted by atomic mass is 10.1. The molecule has 0 spiro atoms. The Morgan fingerprint density at radius 2 is 1.85 bits per heavy atom. The average Bonchev–Trinajstić information content (AvgIpc) is 3.08. The summed E-state index contributed by atoms with van der Waals surface area (Å²) < 4.78 is 10.9. The van der Waals surface area contributed by atoms with Crippen LogP contribution in [-0.2, 0) is 16.1 Å².